The number of H-pyrrole nitrogens is 1. The quantitative estimate of drug-likeness (QED) is 0.336. The van der Waals surface area contributed by atoms with Crippen molar-refractivity contribution in [3.63, 3.8) is 0 Å². The minimum atomic E-state index is -1.02. The minimum Gasteiger partial charge on any atom is -0.394 e. The molecule has 3 aromatic rings. The summed E-state index contributed by atoms with van der Waals surface area (Å²) in [6, 6.07) is 10.6. The van der Waals surface area contributed by atoms with Gasteiger partial charge in [0.2, 0.25) is 0 Å². The Balaban J connectivity index is 1.78. The number of aliphatic hydroxyl groups is 2. The van der Waals surface area contributed by atoms with Crippen molar-refractivity contribution in [3.8, 4) is 11.1 Å². The van der Waals surface area contributed by atoms with Crippen LogP contribution in [0.2, 0.25) is 10.0 Å². The first-order valence-electron chi connectivity index (χ1n) is 9.28. The van der Waals surface area contributed by atoms with Gasteiger partial charge < -0.3 is 20.5 Å². The minimum absolute atomic E-state index is 0.189. The van der Waals surface area contributed by atoms with E-state index < -0.39 is 12.3 Å². The van der Waals surface area contributed by atoms with E-state index in [1.807, 2.05) is 32.0 Å². The monoisotopic (exact) mass is 434 g/mol. The van der Waals surface area contributed by atoms with Crippen molar-refractivity contribution in [3.05, 3.63) is 70.1 Å². The number of nitrogens with one attached hydrogen (secondary N) is 3. The molecule has 6 nitrogen and oxygen atoms in total. The first-order chi connectivity index (χ1) is 13.9. The van der Waals surface area contributed by atoms with Gasteiger partial charge in [0.05, 0.1) is 23.4 Å². The summed E-state index contributed by atoms with van der Waals surface area (Å²) < 4.78 is 0. The molecule has 29 heavy (non-hydrogen) atoms. The Kier molecular flexibility index (Phi) is 7.16. The predicted molar refractivity (Wildman–Crippen MR) is 117 cm³/mol. The van der Waals surface area contributed by atoms with Crippen LogP contribution in [0.25, 0.3) is 11.1 Å². The molecule has 5 N–H and O–H groups in total. The molecule has 0 fully saturated rings. The summed E-state index contributed by atoms with van der Waals surface area (Å²) in [6.07, 6.45) is 2.35. The summed E-state index contributed by atoms with van der Waals surface area (Å²) >= 11 is 12.4. The van der Waals surface area contributed by atoms with E-state index in [0.29, 0.717) is 15.7 Å². The van der Waals surface area contributed by atoms with E-state index in [0.717, 1.165) is 22.5 Å². The Morgan fingerprint density at radius 1 is 1.17 bits per heavy atom. The molecule has 3 rings (SSSR count). The van der Waals surface area contributed by atoms with E-state index in [2.05, 4.69) is 20.6 Å². The van der Waals surface area contributed by atoms with Crippen LogP contribution in [-0.4, -0.2) is 32.8 Å². The van der Waals surface area contributed by atoms with Crippen LogP contribution in [0.15, 0.2) is 48.8 Å². The van der Waals surface area contributed by atoms with Gasteiger partial charge in [0.25, 0.3) is 0 Å². The summed E-state index contributed by atoms with van der Waals surface area (Å²) in [7, 11) is 0. The normalized spacial score (nSPS) is 13.5. The number of aromatic nitrogens is 2. The predicted octanol–water partition coefficient (Wildman–Crippen LogP) is 4.52. The lowest BCUT2D eigenvalue weighted by Crippen LogP contribution is -2.29. The van der Waals surface area contributed by atoms with Crippen molar-refractivity contribution in [1.82, 2.24) is 15.3 Å². The second-order valence-electron chi connectivity index (χ2n) is 7.05. The molecule has 0 radical (unpaired) electrons. The molecule has 0 saturated heterocycles. The molecule has 0 saturated carbocycles. The molecule has 154 valence electrons. The lowest BCUT2D eigenvalue weighted by Gasteiger charge is -2.20. The lowest BCUT2D eigenvalue weighted by atomic mass is 10.1. The van der Waals surface area contributed by atoms with E-state index in [-0.39, 0.29) is 12.6 Å². The lowest BCUT2D eigenvalue weighted by molar-refractivity contribution is 0.101. The van der Waals surface area contributed by atoms with E-state index in [9.17, 15) is 10.2 Å². The second-order valence-corrected chi connectivity index (χ2v) is 7.90. The Morgan fingerprint density at radius 3 is 2.66 bits per heavy atom. The van der Waals surface area contributed by atoms with Gasteiger partial charge in [-0.3, -0.25) is 5.32 Å². The fourth-order valence-electron chi connectivity index (χ4n) is 3.02. The van der Waals surface area contributed by atoms with E-state index in [1.54, 1.807) is 30.6 Å². The van der Waals surface area contributed by atoms with Crippen LogP contribution in [-0.2, 0) is 0 Å². The number of hydrogen-bond donors (Lipinski definition) is 5. The summed E-state index contributed by atoms with van der Waals surface area (Å²) in [5, 5.41) is 27.7. The Hall–Kier alpha value is -2.09. The standard InChI is InChI=1S/C21H24Cl2N4O2/c1-12(2)26-20-8-16(17(23)10-25-20)14-7-18(24-9-14)21(29)27-19(11-28)13-4-3-5-15(22)6-13/h3-10,12,19,21,24,27-29H,11H2,1-2H3,(H,25,26)/t19-,21?/m1/s1. The molecule has 1 unspecified atom stereocenters. The fraction of sp³-hybridized carbons (Fsp3) is 0.286. The fourth-order valence-corrected chi connectivity index (χ4v) is 3.43. The third kappa shape index (κ3) is 5.50. The summed E-state index contributed by atoms with van der Waals surface area (Å²) in [5.74, 6) is 0.724. The Labute approximate surface area is 179 Å². The highest BCUT2D eigenvalue weighted by atomic mass is 35.5. The number of aliphatic hydroxyl groups excluding tert-OH is 2. The molecule has 2 aromatic heterocycles. The largest absolute Gasteiger partial charge is 0.394 e. The van der Waals surface area contributed by atoms with Gasteiger partial charge in [-0.2, -0.15) is 0 Å². The number of hydrogen-bond acceptors (Lipinski definition) is 5. The molecule has 2 atom stereocenters. The van der Waals surface area contributed by atoms with Crippen LogP contribution >= 0.6 is 23.2 Å². The molecule has 0 spiro atoms. The van der Waals surface area contributed by atoms with Crippen LogP contribution in [0.3, 0.4) is 0 Å². The van der Waals surface area contributed by atoms with Crippen molar-refractivity contribution in [2.75, 3.05) is 11.9 Å². The van der Waals surface area contributed by atoms with Crippen LogP contribution in [0.4, 0.5) is 5.82 Å². The maximum Gasteiger partial charge on any atom is 0.146 e. The van der Waals surface area contributed by atoms with E-state index >= 15 is 0 Å². The van der Waals surface area contributed by atoms with Crippen LogP contribution in [0.1, 0.15) is 37.4 Å². The van der Waals surface area contributed by atoms with Gasteiger partial charge in [0.1, 0.15) is 12.0 Å². The third-order valence-electron chi connectivity index (χ3n) is 4.40. The van der Waals surface area contributed by atoms with Gasteiger partial charge in [-0.05, 0) is 43.7 Å². The smallest absolute Gasteiger partial charge is 0.146 e. The summed E-state index contributed by atoms with van der Waals surface area (Å²) in [5.41, 5.74) is 2.95. The van der Waals surface area contributed by atoms with Gasteiger partial charge >= 0.3 is 0 Å². The highest BCUT2D eigenvalue weighted by Gasteiger charge is 2.18. The maximum absolute atomic E-state index is 10.6. The van der Waals surface area contributed by atoms with Gasteiger partial charge in [-0.15, -0.1) is 0 Å². The Bertz CT molecular complexity index is 961. The van der Waals surface area contributed by atoms with Gasteiger partial charge in [0.15, 0.2) is 0 Å². The summed E-state index contributed by atoms with van der Waals surface area (Å²) in [4.78, 5) is 7.35. The SMILES string of the molecule is CC(C)Nc1cc(-c2c[nH]c(C(O)N[C@H](CO)c3cccc(Cl)c3)c2)c(Cl)cn1. The zero-order valence-corrected chi connectivity index (χ0v) is 17.7. The molecule has 8 heteroatoms. The molecule has 0 aliphatic rings. The molecule has 0 aliphatic carbocycles. The molecule has 1 aromatic carbocycles. The maximum atomic E-state index is 10.6. The molecular weight excluding hydrogens is 411 g/mol. The van der Waals surface area contributed by atoms with E-state index in [4.69, 9.17) is 23.2 Å². The first-order valence-corrected chi connectivity index (χ1v) is 10.0. The molecule has 2 heterocycles. The first kappa shape index (κ1) is 21.6. The van der Waals surface area contributed by atoms with Crippen molar-refractivity contribution in [2.45, 2.75) is 32.2 Å². The number of pyridine rings is 1. The number of benzene rings is 1. The van der Waals surface area contributed by atoms with Gasteiger partial charge in [-0.1, -0.05) is 35.3 Å². The molecule has 0 bridgehead atoms. The topological polar surface area (TPSA) is 93.2 Å². The van der Waals surface area contributed by atoms with E-state index in [1.165, 1.54) is 0 Å². The van der Waals surface area contributed by atoms with Crippen molar-refractivity contribution in [2.24, 2.45) is 0 Å². The van der Waals surface area contributed by atoms with Crippen molar-refractivity contribution >= 4 is 29.0 Å². The second kappa shape index (κ2) is 9.61. The van der Waals surface area contributed by atoms with Crippen LogP contribution in [0.5, 0.6) is 0 Å². The van der Waals surface area contributed by atoms with Crippen molar-refractivity contribution in [1.29, 1.82) is 0 Å². The van der Waals surface area contributed by atoms with Crippen LogP contribution < -0.4 is 10.6 Å². The molecule has 0 amide bonds. The molecular formula is C21H24Cl2N4O2. The van der Waals surface area contributed by atoms with Crippen molar-refractivity contribution < 1.29 is 10.2 Å². The number of aromatic amines is 1. The average molecular weight is 435 g/mol. The average Bonchev–Trinajstić information content (AvgIpc) is 3.17. The number of anilines is 1. The third-order valence-corrected chi connectivity index (χ3v) is 4.93. The zero-order chi connectivity index (χ0) is 21.0. The number of rotatable bonds is 8. The summed E-state index contributed by atoms with van der Waals surface area (Å²) in [6.45, 7) is 3.87. The van der Waals surface area contributed by atoms with Gasteiger partial charge in [-0.25, -0.2) is 4.98 Å². The number of nitrogens with zero attached hydrogens (tertiary/aromatic N) is 1. The van der Waals surface area contributed by atoms with Gasteiger partial charge in [0, 0.05) is 34.6 Å². The number of halogens is 2. The highest BCUT2D eigenvalue weighted by Crippen LogP contribution is 2.31. The highest BCUT2D eigenvalue weighted by molar-refractivity contribution is 6.33. The Morgan fingerprint density at radius 2 is 1.97 bits per heavy atom. The zero-order valence-electron chi connectivity index (χ0n) is 16.2. The molecule has 0 aliphatic heterocycles. The van der Waals surface area contributed by atoms with Crippen LogP contribution in [0, 0.1) is 0 Å².